The quantitative estimate of drug-likeness (QED) is 0.655. The molecule has 3 nitrogen and oxygen atoms in total. The van der Waals surface area contributed by atoms with Crippen molar-refractivity contribution in [3.8, 4) is 0 Å². The van der Waals surface area contributed by atoms with E-state index >= 15 is 0 Å². The molecular weight excluding hydrogens is 180 g/mol. The zero-order valence-corrected chi connectivity index (χ0v) is 9.50. The lowest BCUT2D eigenvalue weighted by molar-refractivity contribution is -0.147. The average Bonchev–Trinajstić information content (AvgIpc) is 2.45. The fourth-order valence-corrected chi connectivity index (χ4v) is 2.31. The monoisotopic (exact) mass is 200 g/mol. The fraction of sp³-hybridized carbons (Fsp3) is 0.909. The van der Waals surface area contributed by atoms with Gasteiger partial charge in [-0.05, 0) is 12.8 Å². The second kappa shape index (κ2) is 4.30. The van der Waals surface area contributed by atoms with Crippen molar-refractivity contribution in [2.45, 2.75) is 52.2 Å². The smallest absolute Gasteiger partial charge is 0.302 e. The number of ether oxygens (including phenoxy) is 2. The van der Waals surface area contributed by atoms with E-state index in [0.29, 0.717) is 12.5 Å². The first-order chi connectivity index (χ1) is 6.55. The minimum absolute atomic E-state index is 0.0626. The normalized spacial score (nSPS) is 30.3. The molecule has 1 aliphatic heterocycles. The molecule has 0 bridgehead atoms. The Balaban J connectivity index is 2.66. The summed E-state index contributed by atoms with van der Waals surface area (Å²) < 4.78 is 11.0. The first kappa shape index (κ1) is 11.5. The van der Waals surface area contributed by atoms with Crippen LogP contribution < -0.4 is 0 Å². The Bertz CT molecular complexity index is 209. The van der Waals surface area contributed by atoms with Crippen LogP contribution in [0.15, 0.2) is 0 Å². The summed E-state index contributed by atoms with van der Waals surface area (Å²) in [4.78, 5) is 10.9. The highest BCUT2D eigenvalue weighted by atomic mass is 16.6. The van der Waals surface area contributed by atoms with Crippen molar-refractivity contribution in [3.63, 3.8) is 0 Å². The minimum Gasteiger partial charge on any atom is -0.460 e. The van der Waals surface area contributed by atoms with Crippen molar-refractivity contribution in [2.75, 3.05) is 6.61 Å². The Hall–Kier alpha value is -0.570. The summed E-state index contributed by atoms with van der Waals surface area (Å²) in [7, 11) is 0. The van der Waals surface area contributed by atoms with E-state index in [1.54, 1.807) is 0 Å². The van der Waals surface area contributed by atoms with Crippen LogP contribution in [-0.4, -0.2) is 24.3 Å². The van der Waals surface area contributed by atoms with Crippen molar-refractivity contribution in [2.24, 2.45) is 5.92 Å². The lowest BCUT2D eigenvalue weighted by Gasteiger charge is -2.31. The zero-order chi connectivity index (χ0) is 10.8. The third-order valence-electron chi connectivity index (χ3n) is 3.44. The molecule has 1 heterocycles. The van der Waals surface area contributed by atoms with Gasteiger partial charge >= 0.3 is 5.97 Å². The molecule has 0 N–H and O–H groups in total. The summed E-state index contributed by atoms with van der Waals surface area (Å²) in [5.74, 6) is 0.0786. The Morgan fingerprint density at radius 3 is 2.43 bits per heavy atom. The molecular formula is C11H20O3. The van der Waals surface area contributed by atoms with Gasteiger partial charge in [0.2, 0.25) is 0 Å². The Morgan fingerprint density at radius 2 is 2.07 bits per heavy atom. The Kier molecular flexibility index (Phi) is 3.53. The van der Waals surface area contributed by atoms with Gasteiger partial charge < -0.3 is 9.47 Å². The molecule has 0 aliphatic carbocycles. The molecule has 1 saturated heterocycles. The number of rotatable bonds is 3. The van der Waals surface area contributed by atoms with E-state index in [-0.39, 0.29) is 17.7 Å². The second-order valence-electron chi connectivity index (χ2n) is 4.02. The summed E-state index contributed by atoms with van der Waals surface area (Å²) in [5.41, 5.74) is -0.0832. The lowest BCUT2D eigenvalue weighted by atomic mass is 9.83. The van der Waals surface area contributed by atoms with Gasteiger partial charge in [-0.2, -0.15) is 0 Å². The van der Waals surface area contributed by atoms with E-state index in [2.05, 4.69) is 20.8 Å². The molecule has 1 aliphatic rings. The molecule has 0 radical (unpaired) electrons. The van der Waals surface area contributed by atoms with Gasteiger partial charge in [0.15, 0.2) is 0 Å². The fourth-order valence-electron chi connectivity index (χ4n) is 2.31. The van der Waals surface area contributed by atoms with E-state index in [1.807, 2.05) is 0 Å². The molecule has 0 amide bonds. The van der Waals surface area contributed by atoms with Crippen LogP contribution in [0, 0.1) is 5.92 Å². The van der Waals surface area contributed by atoms with Crippen LogP contribution in [-0.2, 0) is 14.3 Å². The number of hydrogen-bond acceptors (Lipinski definition) is 3. The Morgan fingerprint density at radius 1 is 1.50 bits per heavy atom. The summed E-state index contributed by atoms with van der Waals surface area (Å²) in [6.07, 6.45) is 1.89. The standard InChI is InChI=1S/C11H20O3/c1-5-11(6-2)8(3)10(7-13-11)14-9(4)12/h8,10H,5-7H2,1-4H3/t8-,10-/m0/s1. The van der Waals surface area contributed by atoms with E-state index < -0.39 is 0 Å². The predicted octanol–water partition coefficient (Wildman–Crippen LogP) is 2.14. The highest BCUT2D eigenvalue weighted by Crippen LogP contribution is 2.38. The summed E-state index contributed by atoms with van der Waals surface area (Å²) >= 11 is 0. The van der Waals surface area contributed by atoms with Crippen LogP contribution in [0.4, 0.5) is 0 Å². The molecule has 0 unspecified atom stereocenters. The molecule has 82 valence electrons. The number of carbonyl (C=O) groups is 1. The van der Waals surface area contributed by atoms with Crippen LogP contribution >= 0.6 is 0 Å². The number of carbonyl (C=O) groups excluding carboxylic acids is 1. The predicted molar refractivity (Wildman–Crippen MR) is 54.0 cm³/mol. The summed E-state index contributed by atoms with van der Waals surface area (Å²) in [5, 5.41) is 0. The van der Waals surface area contributed by atoms with Crippen molar-refractivity contribution in [1.82, 2.24) is 0 Å². The van der Waals surface area contributed by atoms with Gasteiger partial charge in [0.05, 0.1) is 12.2 Å². The first-order valence-corrected chi connectivity index (χ1v) is 5.37. The van der Waals surface area contributed by atoms with Crippen LogP contribution in [0.3, 0.4) is 0 Å². The molecule has 2 atom stereocenters. The van der Waals surface area contributed by atoms with Gasteiger partial charge in [-0.3, -0.25) is 4.79 Å². The minimum atomic E-state index is -0.214. The number of esters is 1. The molecule has 0 aromatic rings. The maximum atomic E-state index is 10.9. The molecule has 14 heavy (non-hydrogen) atoms. The van der Waals surface area contributed by atoms with E-state index in [0.717, 1.165) is 12.8 Å². The van der Waals surface area contributed by atoms with Gasteiger partial charge in [-0.1, -0.05) is 20.8 Å². The van der Waals surface area contributed by atoms with Gasteiger partial charge in [0.25, 0.3) is 0 Å². The van der Waals surface area contributed by atoms with Crippen molar-refractivity contribution >= 4 is 5.97 Å². The van der Waals surface area contributed by atoms with Crippen molar-refractivity contribution in [1.29, 1.82) is 0 Å². The maximum Gasteiger partial charge on any atom is 0.302 e. The number of hydrogen-bond donors (Lipinski definition) is 0. The van der Waals surface area contributed by atoms with Crippen molar-refractivity contribution in [3.05, 3.63) is 0 Å². The largest absolute Gasteiger partial charge is 0.460 e. The maximum absolute atomic E-state index is 10.9. The van der Waals surface area contributed by atoms with Crippen molar-refractivity contribution < 1.29 is 14.3 Å². The summed E-state index contributed by atoms with van der Waals surface area (Å²) in [6.45, 7) is 8.34. The van der Waals surface area contributed by atoms with Crippen LogP contribution in [0.2, 0.25) is 0 Å². The van der Waals surface area contributed by atoms with E-state index in [9.17, 15) is 4.79 Å². The van der Waals surface area contributed by atoms with E-state index in [4.69, 9.17) is 9.47 Å². The molecule has 3 heteroatoms. The average molecular weight is 200 g/mol. The molecule has 0 aromatic heterocycles. The Labute approximate surface area is 85.8 Å². The SMILES string of the molecule is CCC1(CC)OC[C@H](OC(C)=O)[C@@H]1C. The second-order valence-corrected chi connectivity index (χ2v) is 4.02. The van der Waals surface area contributed by atoms with Gasteiger partial charge in [-0.25, -0.2) is 0 Å². The van der Waals surface area contributed by atoms with Gasteiger partial charge in [0.1, 0.15) is 6.10 Å². The van der Waals surface area contributed by atoms with Crippen LogP contribution in [0.1, 0.15) is 40.5 Å². The van der Waals surface area contributed by atoms with Crippen LogP contribution in [0.5, 0.6) is 0 Å². The molecule has 0 aromatic carbocycles. The topological polar surface area (TPSA) is 35.5 Å². The van der Waals surface area contributed by atoms with Gasteiger partial charge in [-0.15, -0.1) is 0 Å². The lowest BCUT2D eigenvalue weighted by Crippen LogP contribution is -2.36. The molecule has 1 fully saturated rings. The first-order valence-electron chi connectivity index (χ1n) is 5.37. The van der Waals surface area contributed by atoms with Gasteiger partial charge in [0, 0.05) is 12.8 Å². The third kappa shape index (κ3) is 1.92. The van der Waals surface area contributed by atoms with E-state index in [1.165, 1.54) is 6.92 Å². The molecule has 0 spiro atoms. The third-order valence-corrected chi connectivity index (χ3v) is 3.44. The highest BCUT2D eigenvalue weighted by molar-refractivity contribution is 5.66. The highest BCUT2D eigenvalue weighted by Gasteiger charge is 2.46. The molecule has 1 rings (SSSR count). The van der Waals surface area contributed by atoms with Crippen LogP contribution in [0.25, 0.3) is 0 Å². The zero-order valence-electron chi connectivity index (χ0n) is 9.50. The summed E-state index contributed by atoms with van der Waals surface area (Å²) in [6, 6.07) is 0. The molecule has 0 saturated carbocycles.